The Kier molecular flexibility index (Phi) is 4.21. The van der Waals surface area contributed by atoms with Crippen LogP contribution in [0.4, 0.5) is 15.9 Å². The molecule has 2 rings (SSSR count). The fourth-order valence-corrected chi connectivity index (χ4v) is 1.96. The predicted molar refractivity (Wildman–Crippen MR) is 81.8 cm³/mol. The monoisotopic (exact) mass is 287 g/mol. The van der Waals surface area contributed by atoms with E-state index in [2.05, 4.69) is 10.3 Å². The molecule has 0 saturated carbocycles. The SMILES string of the molecule is Cc1cc(F)ccc1NC(=O)c1cc(N)nc(C(C)C)c1. The molecular weight excluding hydrogens is 269 g/mol. The van der Waals surface area contributed by atoms with Crippen LogP contribution >= 0.6 is 0 Å². The summed E-state index contributed by atoms with van der Waals surface area (Å²) in [5.74, 6) is -0.142. The number of nitrogens with one attached hydrogen (secondary N) is 1. The lowest BCUT2D eigenvalue weighted by Crippen LogP contribution is -2.14. The highest BCUT2D eigenvalue weighted by Crippen LogP contribution is 2.19. The number of nitrogens with zero attached hydrogens (tertiary/aromatic N) is 1. The summed E-state index contributed by atoms with van der Waals surface area (Å²) < 4.78 is 13.1. The molecule has 3 N–H and O–H groups in total. The average molecular weight is 287 g/mol. The van der Waals surface area contributed by atoms with Crippen molar-refractivity contribution in [2.24, 2.45) is 0 Å². The van der Waals surface area contributed by atoms with Crippen LogP contribution < -0.4 is 11.1 Å². The van der Waals surface area contributed by atoms with E-state index in [0.29, 0.717) is 22.6 Å². The van der Waals surface area contributed by atoms with Crippen molar-refractivity contribution < 1.29 is 9.18 Å². The lowest BCUT2D eigenvalue weighted by Gasteiger charge is -2.11. The number of pyridine rings is 1. The van der Waals surface area contributed by atoms with Crippen LogP contribution in [0.5, 0.6) is 0 Å². The number of aromatic nitrogens is 1. The summed E-state index contributed by atoms with van der Waals surface area (Å²) in [5, 5.41) is 2.76. The van der Waals surface area contributed by atoms with Crippen molar-refractivity contribution in [3.8, 4) is 0 Å². The van der Waals surface area contributed by atoms with Gasteiger partial charge in [-0.25, -0.2) is 9.37 Å². The smallest absolute Gasteiger partial charge is 0.255 e. The van der Waals surface area contributed by atoms with Gasteiger partial charge in [0.2, 0.25) is 0 Å². The van der Waals surface area contributed by atoms with Gasteiger partial charge >= 0.3 is 0 Å². The summed E-state index contributed by atoms with van der Waals surface area (Å²) in [6, 6.07) is 7.46. The number of nitrogen functional groups attached to an aromatic ring is 1. The largest absolute Gasteiger partial charge is 0.384 e. The standard InChI is InChI=1S/C16H18FN3O/c1-9(2)14-7-11(8-15(18)19-14)16(21)20-13-5-4-12(17)6-10(13)3/h4-9H,1-3H3,(H2,18,19)(H,20,21). The number of anilines is 2. The predicted octanol–water partition coefficient (Wildman–Crippen LogP) is 3.49. The van der Waals surface area contributed by atoms with Crippen molar-refractivity contribution in [1.82, 2.24) is 4.98 Å². The van der Waals surface area contributed by atoms with Gasteiger partial charge in [0.1, 0.15) is 11.6 Å². The Morgan fingerprint density at radius 1 is 1.29 bits per heavy atom. The van der Waals surface area contributed by atoms with Crippen LogP contribution in [0.1, 0.15) is 41.4 Å². The number of carbonyl (C=O) groups is 1. The molecule has 1 aromatic carbocycles. The first-order valence-corrected chi connectivity index (χ1v) is 6.72. The first kappa shape index (κ1) is 15.0. The van der Waals surface area contributed by atoms with Crippen LogP contribution in [0.15, 0.2) is 30.3 Å². The third-order valence-electron chi connectivity index (χ3n) is 3.16. The lowest BCUT2D eigenvalue weighted by molar-refractivity contribution is 0.102. The molecule has 110 valence electrons. The lowest BCUT2D eigenvalue weighted by atomic mass is 10.1. The van der Waals surface area contributed by atoms with Crippen molar-refractivity contribution >= 4 is 17.4 Å². The Morgan fingerprint density at radius 2 is 2.00 bits per heavy atom. The summed E-state index contributed by atoms with van der Waals surface area (Å²) in [6.45, 7) is 5.69. The highest BCUT2D eigenvalue weighted by atomic mass is 19.1. The summed E-state index contributed by atoms with van der Waals surface area (Å²) in [7, 11) is 0. The molecule has 0 bridgehead atoms. The van der Waals surface area contributed by atoms with Crippen LogP contribution in [-0.4, -0.2) is 10.9 Å². The minimum Gasteiger partial charge on any atom is -0.384 e. The second-order valence-corrected chi connectivity index (χ2v) is 5.27. The van der Waals surface area contributed by atoms with Crippen LogP contribution in [0.2, 0.25) is 0 Å². The number of amides is 1. The number of carbonyl (C=O) groups excluding carboxylic acids is 1. The van der Waals surface area contributed by atoms with Crippen molar-refractivity contribution in [2.75, 3.05) is 11.1 Å². The van der Waals surface area contributed by atoms with Crippen molar-refractivity contribution in [3.05, 3.63) is 53.0 Å². The molecule has 0 saturated heterocycles. The number of aryl methyl sites for hydroxylation is 1. The van der Waals surface area contributed by atoms with E-state index in [1.54, 1.807) is 13.0 Å². The van der Waals surface area contributed by atoms with E-state index in [-0.39, 0.29) is 17.6 Å². The fourth-order valence-electron chi connectivity index (χ4n) is 1.96. The minimum absolute atomic E-state index is 0.174. The van der Waals surface area contributed by atoms with Crippen LogP contribution in [0, 0.1) is 12.7 Å². The van der Waals surface area contributed by atoms with Crippen molar-refractivity contribution in [3.63, 3.8) is 0 Å². The molecule has 0 radical (unpaired) electrons. The first-order chi connectivity index (χ1) is 9.86. The molecule has 0 unspecified atom stereocenters. The van der Waals surface area contributed by atoms with E-state index in [1.165, 1.54) is 24.3 Å². The van der Waals surface area contributed by atoms with Crippen LogP contribution in [0.3, 0.4) is 0 Å². The maximum Gasteiger partial charge on any atom is 0.255 e. The average Bonchev–Trinajstić information content (AvgIpc) is 2.41. The van der Waals surface area contributed by atoms with E-state index in [4.69, 9.17) is 5.73 Å². The van der Waals surface area contributed by atoms with Crippen molar-refractivity contribution in [2.45, 2.75) is 26.7 Å². The van der Waals surface area contributed by atoms with Crippen LogP contribution in [0.25, 0.3) is 0 Å². The number of hydrogen-bond donors (Lipinski definition) is 2. The molecule has 0 atom stereocenters. The Bertz CT molecular complexity index is 683. The van der Waals surface area contributed by atoms with Gasteiger partial charge in [-0.15, -0.1) is 0 Å². The molecule has 21 heavy (non-hydrogen) atoms. The summed E-state index contributed by atoms with van der Waals surface area (Å²) in [6.07, 6.45) is 0. The van der Waals surface area contributed by atoms with Gasteiger partial charge in [0.05, 0.1) is 0 Å². The topological polar surface area (TPSA) is 68.0 Å². The van der Waals surface area contributed by atoms with E-state index >= 15 is 0 Å². The van der Waals surface area contributed by atoms with Gasteiger partial charge in [0.25, 0.3) is 5.91 Å². The summed E-state index contributed by atoms with van der Waals surface area (Å²) in [4.78, 5) is 16.5. The van der Waals surface area contributed by atoms with E-state index in [9.17, 15) is 9.18 Å². The van der Waals surface area contributed by atoms with Gasteiger partial charge in [-0.1, -0.05) is 13.8 Å². The highest BCUT2D eigenvalue weighted by Gasteiger charge is 2.12. The summed E-state index contributed by atoms with van der Waals surface area (Å²) >= 11 is 0. The number of hydrogen-bond acceptors (Lipinski definition) is 3. The van der Waals surface area contributed by atoms with Crippen molar-refractivity contribution in [1.29, 1.82) is 0 Å². The molecule has 0 fully saturated rings. The molecule has 0 aliphatic heterocycles. The zero-order valence-corrected chi connectivity index (χ0v) is 12.3. The van der Waals surface area contributed by atoms with Crippen LogP contribution in [-0.2, 0) is 0 Å². The van der Waals surface area contributed by atoms with Gasteiger partial charge < -0.3 is 11.1 Å². The zero-order chi connectivity index (χ0) is 15.6. The molecule has 0 aliphatic carbocycles. The number of halogens is 1. The fraction of sp³-hybridized carbons (Fsp3) is 0.250. The maximum atomic E-state index is 13.1. The summed E-state index contributed by atoms with van der Waals surface area (Å²) in [5.41, 5.74) is 8.17. The molecule has 2 aromatic rings. The van der Waals surface area contributed by atoms with Gasteiger partial charge in [-0.2, -0.15) is 0 Å². The maximum absolute atomic E-state index is 13.1. The van der Waals surface area contributed by atoms with E-state index in [0.717, 1.165) is 5.69 Å². The molecule has 1 aromatic heterocycles. The third-order valence-corrected chi connectivity index (χ3v) is 3.16. The highest BCUT2D eigenvalue weighted by molar-refractivity contribution is 6.05. The number of benzene rings is 1. The molecule has 1 amide bonds. The quantitative estimate of drug-likeness (QED) is 0.908. The third kappa shape index (κ3) is 3.56. The van der Waals surface area contributed by atoms with Gasteiger partial charge in [0.15, 0.2) is 0 Å². The Hall–Kier alpha value is -2.43. The molecule has 1 heterocycles. The van der Waals surface area contributed by atoms with Gasteiger partial charge in [-0.3, -0.25) is 4.79 Å². The zero-order valence-electron chi connectivity index (χ0n) is 12.3. The van der Waals surface area contributed by atoms with Gasteiger partial charge in [0, 0.05) is 16.9 Å². The first-order valence-electron chi connectivity index (χ1n) is 6.72. The van der Waals surface area contributed by atoms with E-state index < -0.39 is 0 Å². The second kappa shape index (κ2) is 5.91. The van der Waals surface area contributed by atoms with Gasteiger partial charge in [-0.05, 0) is 48.7 Å². The number of rotatable bonds is 3. The van der Waals surface area contributed by atoms with E-state index in [1.807, 2.05) is 13.8 Å². The molecule has 5 heteroatoms. The Balaban J connectivity index is 2.28. The number of nitrogens with two attached hydrogens (primary N) is 1. The molecule has 0 spiro atoms. The minimum atomic E-state index is -0.333. The molecule has 4 nitrogen and oxygen atoms in total. The Morgan fingerprint density at radius 3 is 2.62 bits per heavy atom. The normalized spacial score (nSPS) is 10.7. The second-order valence-electron chi connectivity index (χ2n) is 5.27. The molecule has 0 aliphatic rings. The molecular formula is C16H18FN3O. The Labute approximate surface area is 123 Å².